The normalized spacial score (nSPS) is 16.4. The van der Waals surface area contributed by atoms with Gasteiger partial charge in [0.15, 0.2) is 17.3 Å². The zero-order valence-electron chi connectivity index (χ0n) is 10.7. The number of carbonyl (C=O) groups excluding carboxylic acids is 1. The smallest absolute Gasteiger partial charge is 0.175 e. The Bertz CT molecular complexity index is 541. The van der Waals surface area contributed by atoms with Crippen molar-refractivity contribution in [2.45, 2.75) is 20.8 Å². The van der Waals surface area contributed by atoms with Crippen molar-refractivity contribution in [3.05, 3.63) is 23.3 Å². The number of ketones is 1. The minimum absolute atomic E-state index is 0.0122. The summed E-state index contributed by atoms with van der Waals surface area (Å²) in [6.45, 7) is 6.29. The molecule has 1 aromatic rings. The number of hydrogen-bond donors (Lipinski definition) is 0. The number of benzene rings is 1. The number of Topliss-reactive ketones (excluding diaryl/α,β-unsaturated/α-hetero) is 1. The third-order valence-corrected chi connectivity index (χ3v) is 2.92. The van der Waals surface area contributed by atoms with Gasteiger partial charge in [-0.25, -0.2) is 0 Å². The van der Waals surface area contributed by atoms with Crippen LogP contribution in [0.15, 0.2) is 12.1 Å². The first kappa shape index (κ1) is 12.4. The van der Waals surface area contributed by atoms with E-state index in [1.54, 1.807) is 12.1 Å². The van der Waals surface area contributed by atoms with Crippen LogP contribution in [0.1, 0.15) is 36.7 Å². The molecule has 1 aromatic carbocycles. The van der Waals surface area contributed by atoms with Gasteiger partial charge in [0.25, 0.3) is 0 Å². The van der Waals surface area contributed by atoms with E-state index in [-0.39, 0.29) is 5.78 Å². The molecule has 94 valence electrons. The molecule has 18 heavy (non-hydrogen) atoms. The molecule has 0 radical (unpaired) electrons. The van der Waals surface area contributed by atoms with Crippen molar-refractivity contribution in [1.29, 1.82) is 5.26 Å². The molecule has 0 saturated heterocycles. The molecule has 4 nitrogen and oxygen atoms in total. The van der Waals surface area contributed by atoms with Crippen LogP contribution in [0.5, 0.6) is 11.5 Å². The molecule has 2 rings (SSSR count). The van der Waals surface area contributed by atoms with Crippen LogP contribution in [-0.2, 0) is 0 Å². The molecule has 0 fully saturated rings. The quantitative estimate of drug-likeness (QED) is 0.803. The SMILES string of the molecule is CCOc1cc(C#N)cc2c1OCC(C)(C)C2=O. The predicted octanol–water partition coefficient (Wildman–Crippen LogP) is 2.56. The minimum Gasteiger partial charge on any atom is -0.490 e. The van der Waals surface area contributed by atoms with E-state index in [1.807, 2.05) is 26.8 Å². The van der Waals surface area contributed by atoms with E-state index in [2.05, 4.69) is 0 Å². The van der Waals surface area contributed by atoms with Gasteiger partial charge < -0.3 is 9.47 Å². The molecule has 0 aromatic heterocycles. The zero-order chi connectivity index (χ0) is 13.3. The van der Waals surface area contributed by atoms with E-state index in [9.17, 15) is 4.79 Å². The largest absolute Gasteiger partial charge is 0.490 e. The average molecular weight is 245 g/mol. The molecule has 0 atom stereocenters. The van der Waals surface area contributed by atoms with E-state index in [1.165, 1.54) is 0 Å². The first-order chi connectivity index (χ1) is 8.49. The highest BCUT2D eigenvalue weighted by Gasteiger charge is 2.37. The van der Waals surface area contributed by atoms with Gasteiger partial charge >= 0.3 is 0 Å². The first-order valence-electron chi connectivity index (χ1n) is 5.88. The van der Waals surface area contributed by atoms with Crippen molar-refractivity contribution in [2.24, 2.45) is 5.41 Å². The maximum atomic E-state index is 12.3. The van der Waals surface area contributed by atoms with Crippen molar-refractivity contribution < 1.29 is 14.3 Å². The Balaban J connectivity index is 2.60. The van der Waals surface area contributed by atoms with Gasteiger partial charge in [0.1, 0.15) is 6.61 Å². The third-order valence-electron chi connectivity index (χ3n) is 2.92. The molecule has 0 aliphatic carbocycles. The van der Waals surface area contributed by atoms with Gasteiger partial charge in [-0.1, -0.05) is 0 Å². The van der Waals surface area contributed by atoms with Crippen LogP contribution in [-0.4, -0.2) is 19.0 Å². The van der Waals surface area contributed by atoms with E-state index in [0.29, 0.717) is 35.8 Å². The minimum atomic E-state index is -0.565. The van der Waals surface area contributed by atoms with Gasteiger partial charge in [0, 0.05) is 6.07 Å². The molecule has 0 unspecified atom stereocenters. The lowest BCUT2D eigenvalue weighted by atomic mass is 9.82. The number of rotatable bonds is 2. The maximum absolute atomic E-state index is 12.3. The lowest BCUT2D eigenvalue weighted by Gasteiger charge is -2.30. The van der Waals surface area contributed by atoms with E-state index < -0.39 is 5.41 Å². The molecule has 1 aliphatic rings. The van der Waals surface area contributed by atoms with Crippen molar-refractivity contribution >= 4 is 5.78 Å². The number of ether oxygens (including phenoxy) is 2. The molecule has 0 amide bonds. The summed E-state index contributed by atoms with van der Waals surface area (Å²) < 4.78 is 11.1. The predicted molar refractivity (Wildman–Crippen MR) is 65.9 cm³/mol. The average Bonchev–Trinajstić information content (AvgIpc) is 2.34. The summed E-state index contributed by atoms with van der Waals surface area (Å²) in [6, 6.07) is 5.21. The Labute approximate surface area is 106 Å². The first-order valence-corrected chi connectivity index (χ1v) is 5.88. The van der Waals surface area contributed by atoms with Gasteiger partial charge in [0.2, 0.25) is 0 Å². The molecule has 0 spiro atoms. The Morgan fingerprint density at radius 3 is 2.83 bits per heavy atom. The van der Waals surface area contributed by atoms with Gasteiger partial charge in [-0.2, -0.15) is 5.26 Å². The van der Waals surface area contributed by atoms with Crippen LogP contribution >= 0.6 is 0 Å². The fourth-order valence-corrected chi connectivity index (χ4v) is 1.93. The topological polar surface area (TPSA) is 59.3 Å². The molecular weight excluding hydrogens is 230 g/mol. The summed E-state index contributed by atoms with van der Waals surface area (Å²) in [5.41, 5.74) is 0.283. The highest BCUT2D eigenvalue weighted by atomic mass is 16.5. The Morgan fingerprint density at radius 1 is 1.50 bits per heavy atom. The Kier molecular flexibility index (Phi) is 3.00. The molecule has 0 bridgehead atoms. The number of nitrogens with zero attached hydrogens (tertiary/aromatic N) is 1. The number of hydrogen-bond acceptors (Lipinski definition) is 4. The van der Waals surface area contributed by atoms with Crippen molar-refractivity contribution in [3.63, 3.8) is 0 Å². The third kappa shape index (κ3) is 1.92. The second-order valence-electron chi connectivity index (χ2n) is 4.90. The highest BCUT2D eigenvalue weighted by Crippen LogP contribution is 2.41. The Morgan fingerprint density at radius 2 is 2.22 bits per heavy atom. The van der Waals surface area contributed by atoms with Gasteiger partial charge in [-0.15, -0.1) is 0 Å². The standard InChI is InChI=1S/C14H15NO3/c1-4-17-11-6-9(7-15)5-10-12(11)18-8-14(2,3)13(10)16/h5-6H,4,8H2,1-3H3. The molecule has 4 heteroatoms. The van der Waals surface area contributed by atoms with E-state index >= 15 is 0 Å². The monoisotopic (exact) mass is 245 g/mol. The lowest BCUT2D eigenvalue weighted by molar-refractivity contribution is 0.0684. The van der Waals surface area contributed by atoms with Gasteiger partial charge in [-0.05, 0) is 26.8 Å². The summed E-state index contributed by atoms with van der Waals surface area (Å²) >= 11 is 0. The van der Waals surface area contributed by atoms with Gasteiger partial charge in [0.05, 0.1) is 29.2 Å². The van der Waals surface area contributed by atoms with E-state index in [0.717, 1.165) is 0 Å². The van der Waals surface area contributed by atoms with Crippen molar-refractivity contribution in [1.82, 2.24) is 0 Å². The van der Waals surface area contributed by atoms with Crippen molar-refractivity contribution in [2.75, 3.05) is 13.2 Å². The number of nitriles is 1. The summed E-state index contributed by atoms with van der Waals surface area (Å²) in [7, 11) is 0. The second kappa shape index (κ2) is 4.34. The van der Waals surface area contributed by atoms with Crippen molar-refractivity contribution in [3.8, 4) is 17.6 Å². The number of fused-ring (bicyclic) bond motifs is 1. The van der Waals surface area contributed by atoms with Crippen LogP contribution in [0, 0.1) is 16.7 Å². The molecule has 1 heterocycles. The maximum Gasteiger partial charge on any atom is 0.175 e. The second-order valence-corrected chi connectivity index (χ2v) is 4.90. The molecule has 0 N–H and O–H groups in total. The Hall–Kier alpha value is -2.02. The lowest BCUT2D eigenvalue weighted by Crippen LogP contribution is -2.35. The van der Waals surface area contributed by atoms with Crippen LogP contribution in [0.2, 0.25) is 0 Å². The fraction of sp³-hybridized carbons (Fsp3) is 0.429. The summed E-state index contributed by atoms with van der Waals surface area (Å²) in [4.78, 5) is 12.3. The fourth-order valence-electron chi connectivity index (χ4n) is 1.93. The highest BCUT2D eigenvalue weighted by molar-refractivity contribution is 6.04. The van der Waals surface area contributed by atoms with Crippen LogP contribution < -0.4 is 9.47 Å². The number of carbonyl (C=O) groups is 1. The molecular formula is C14H15NO3. The van der Waals surface area contributed by atoms with Gasteiger partial charge in [-0.3, -0.25) is 4.79 Å². The summed E-state index contributed by atoms with van der Waals surface area (Å²) in [6.07, 6.45) is 0. The summed E-state index contributed by atoms with van der Waals surface area (Å²) in [5.74, 6) is 0.914. The van der Waals surface area contributed by atoms with Crippen LogP contribution in [0.4, 0.5) is 0 Å². The van der Waals surface area contributed by atoms with Crippen LogP contribution in [0.25, 0.3) is 0 Å². The van der Waals surface area contributed by atoms with Crippen LogP contribution in [0.3, 0.4) is 0 Å². The summed E-state index contributed by atoms with van der Waals surface area (Å²) in [5, 5.41) is 8.99. The zero-order valence-corrected chi connectivity index (χ0v) is 10.7. The van der Waals surface area contributed by atoms with E-state index in [4.69, 9.17) is 14.7 Å². The molecule has 0 saturated carbocycles. The molecule has 1 aliphatic heterocycles.